The molecule has 3 nitrogen and oxygen atoms in total. The summed E-state index contributed by atoms with van der Waals surface area (Å²) >= 11 is 0. The van der Waals surface area contributed by atoms with Gasteiger partial charge in [0.05, 0.1) is 11.4 Å². The van der Waals surface area contributed by atoms with Gasteiger partial charge in [0.2, 0.25) is 0 Å². The Bertz CT molecular complexity index is 684. The Labute approximate surface area is 111 Å². The first-order valence-electron chi connectivity index (χ1n) is 7.10. The molecule has 2 aliphatic rings. The molecule has 1 aromatic heterocycles. The van der Waals surface area contributed by atoms with Crippen LogP contribution in [-0.4, -0.2) is 15.6 Å². The number of hydrogen-bond donors (Lipinski definition) is 1. The van der Waals surface area contributed by atoms with E-state index in [1.54, 1.807) is 0 Å². The van der Waals surface area contributed by atoms with Gasteiger partial charge in [0, 0.05) is 17.6 Å². The summed E-state index contributed by atoms with van der Waals surface area (Å²) in [6.07, 6.45) is 4.77. The molecule has 0 bridgehead atoms. The number of para-hydroxylation sites is 1. The van der Waals surface area contributed by atoms with E-state index in [0.29, 0.717) is 6.42 Å². The van der Waals surface area contributed by atoms with Gasteiger partial charge in [-0.2, -0.15) is 0 Å². The molecule has 0 radical (unpaired) electrons. The summed E-state index contributed by atoms with van der Waals surface area (Å²) < 4.78 is 2.46. The smallest absolute Gasteiger partial charge is 0.306 e. The highest BCUT2D eigenvalue weighted by molar-refractivity contribution is 5.89. The largest absolute Gasteiger partial charge is 0.481 e. The molecule has 4 rings (SSSR count). The van der Waals surface area contributed by atoms with E-state index in [1.807, 2.05) is 0 Å². The highest BCUT2D eigenvalue weighted by Gasteiger charge is 2.30. The third kappa shape index (κ3) is 1.47. The van der Waals surface area contributed by atoms with Crippen molar-refractivity contribution in [3.8, 4) is 0 Å². The lowest BCUT2D eigenvalue weighted by Crippen LogP contribution is -2.23. The third-order valence-electron chi connectivity index (χ3n) is 4.75. The van der Waals surface area contributed by atoms with Crippen molar-refractivity contribution >= 4 is 16.9 Å². The van der Waals surface area contributed by atoms with E-state index < -0.39 is 5.97 Å². The normalized spacial score (nSPS) is 21.4. The molecule has 0 saturated carbocycles. The number of rotatable bonds is 1. The summed E-state index contributed by atoms with van der Waals surface area (Å²) in [6, 6.07) is 6.51. The van der Waals surface area contributed by atoms with E-state index in [9.17, 15) is 9.90 Å². The molecule has 0 amide bonds. The standard InChI is InChI=1S/C16H17NO2/c18-16(19)11-6-7-14-13(9-11)12-5-1-3-10-4-2-8-17(14)15(10)12/h1,3,5,11H,2,4,6-9H2,(H,18,19). The Morgan fingerprint density at radius 2 is 2.21 bits per heavy atom. The average Bonchev–Trinajstić information content (AvgIpc) is 2.76. The first-order chi connectivity index (χ1) is 9.25. The SMILES string of the molecule is O=C(O)C1CCc2c(c3cccc4c3n2CCC4)C1. The lowest BCUT2D eigenvalue weighted by Gasteiger charge is -2.22. The Kier molecular flexibility index (Phi) is 2.25. The highest BCUT2D eigenvalue weighted by atomic mass is 16.4. The molecular weight excluding hydrogens is 238 g/mol. The molecule has 2 aromatic rings. The van der Waals surface area contributed by atoms with Gasteiger partial charge in [0.25, 0.3) is 0 Å². The lowest BCUT2D eigenvalue weighted by molar-refractivity contribution is -0.142. The zero-order valence-electron chi connectivity index (χ0n) is 10.9. The quantitative estimate of drug-likeness (QED) is 0.851. The van der Waals surface area contributed by atoms with Gasteiger partial charge >= 0.3 is 5.97 Å². The van der Waals surface area contributed by atoms with Crippen LogP contribution < -0.4 is 0 Å². The van der Waals surface area contributed by atoms with Gasteiger partial charge in [0.1, 0.15) is 0 Å². The summed E-state index contributed by atoms with van der Waals surface area (Å²) in [5.41, 5.74) is 5.52. The van der Waals surface area contributed by atoms with Gasteiger partial charge < -0.3 is 9.67 Å². The molecule has 1 N–H and O–H groups in total. The molecule has 1 aliphatic carbocycles. The topological polar surface area (TPSA) is 42.2 Å². The number of hydrogen-bond acceptors (Lipinski definition) is 1. The second kappa shape index (κ2) is 3.86. The van der Waals surface area contributed by atoms with Crippen molar-refractivity contribution in [1.29, 1.82) is 0 Å². The lowest BCUT2D eigenvalue weighted by atomic mass is 9.86. The molecule has 1 atom stereocenters. The summed E-state index contributed by atoms with van der Waals surface area (Å²) in [6.45, 7) is 1.10. The van der Waals surface area contributed by atoms with E-state index in [2.05, 4.69) is 22.8 Å². The van der Waals surface area contributed by atoms with Crippen molar-refractivity contribution in [2.24, 2.45) is 5.92 Å². The van der Waals surface area contributed by atoms with Crippen LogP contribution in [0.4, 0.5) is 0 Å². The maximum Gasteiger partial charge on any atom is 0.306 e. The van der Waals surface area contributed by atoms with Gasteiger partial charge in [-0.25, -0.2) is 0 Å². The summed E-state index contributed by atoms with van der Waals surface area (Å²) in [5, 5.41) is 10.6. The first-order valence-corrected chi connectivity index (χ1v) is 7.10. The van der Waals surface area contributed by atoms with Crippen molar-refractivity contribution in [3.05, 3.63) is 35.0 Å². The minimum Gasteiger partial charge on any atom is -0.481 e. The molecule has 3 heteroatoms. The molecular formula is C16H17NO2. The molecule has 0 fully saturated rings. The second-order valence-corrected chi connectivity index (χ2v) is 5.77. The van der Waals surface area contributed by atoms with Gasteiger partial charge in [-0.05, 0) is 43.2 Å². The number of carbonyl (C=O) groups is 1. The van der Waals surface area contributed by atoms with Crippen LogP contribution in [0.15, 0.2) is 18.2 Å². The van der Waals surface area contributed by atoms with Gasteiger partial charge in [-0.1, -0.05) is 18.2 Å². The average molecular weight is 255 g/mol. The van der Waals surface area contributed by atoms with Crippen molar-refractivity contribution < 1.29 is 9.90 Å². The minimum absolute atomic E-state index is 0.198. The van der Waals surface area contributed by atoms with Crippen molar-refractivity contribution in [2.45, 2.75) is 38.6 Å². The second-order valence-electron chi connectivity index (χ2n) is 5.77. The van der Waals surface area contributed by atoms with Gasteiger partial charge in [0.15, 0.2) is 0 Å². The van der Waals surface area contributed by atoms with Gasteiger partial charge in [-0.15, -0.1) is 0 Å². The Morgan fingerprint density at radius 3 is 3.05 bits per heavy atom. The number of fused-ring (bicyclic) bond motifs is 3. The third-order valence-corrected chi connectivity index (χ3v) is 4.75. The van der Waals surface area contributed by atoms with E-state index in [-0.39, 0.29) is 5.92 Å². The molecule has 1 aliphatic heterocycles. The van der Waals surface area contributed by atoms with Crippen LogP contribution in [-0.2, 0) is 30.6 Å². The van der Waals surface area contributed by atoms with Crippen molar-refractivity contribution in [3.63, 3.8) is 0 Å². The van der Waals surface area contributed by atoms with Crippen LogP contribution in [0, 0.1) is 5.92 Å². The number of nitrogens with zero attached hydrogens (tertiary/aromatic N) is 1. The Morgan fingerprint density at radius 1 is 1.32 bits per heavy atom. The summed E-state index contributed by atoms with van der Waals surface area (Å²) in [7, 11) is 0. The van der Waals surface area contributed by atoms with Crippen LogP contribution in [0.2, 0.25) is 0 Å². The van der Waals surface area contributed by atoms with Crippen molar-refractivity contribution in [1.82, 2.24) is 4.57 Å². The number of benzene rings is 1. The highest BCUT2D eigenvalue weighted by Crippen LogP contribution is 2.38. The fourth-order valence-electron chi connectivity index (χ4n) is 3.87. The van der Waals surface area contributed by atoms with E-state index in [0.717, 1.165) is 25.8 Å². The van der Waals surface area contributed by atoms with E-state index in [4.69, 9.17) is 0 Å². The van der Waals surface area contributed by atoms with Crippen molar-refractivity contribution in [2.75, 3.05) is 0 Å². The van der Waals surface area contributed by atoms with E-state index >= 15 is 0 Å². The maximum absolute atomic E-state index is 11.2. The predicted octanol–water partition coefficient (Wildman–Crippen LogP) is 2.78. The molecule has 19 heavy (non-hydrogen) atoms. The van der Waals surface area contributed by atoms with Crippen LogP contribution in [0.3, 0.4) is 0 Å². The zero-order valence-corrected chi connectivity index (χ0v) is 10.9. The van der Waals surface area contributed by atoms with Crippen LogP contribution in [0.5, 0.6) is 0 Å². The molecule has 0 saturated heterocycles. The number of carboxylic acids is 1. The number of aryl methyl sites for hydroxylation is 2. The van der Waals surface area contributed by atoms with E-state index in [1.165, 1.54) is 34.1 Å². The van der Waals surface area contributed by atoms with Crippen LogP contribution >= 0.6 is 0 Å². The number of carboxylic acid groups (broad SMARTS) is 1. The maximum atomic E-state index is 11.2. The fourth-order valence-corrected chi connectivity index (χ4v) is 3.87. The monoisotopic (exact) mass is 255 g/mol. The van der Waals surface area contributed by atoms with Gasteiger partial charge in [-0.3, -0.25) is 4.79 Å². The predicted molar refractivity (Wildman–Crippen MR) is 73.4 cm³/mol. The molecule has 1 aromatic carbocycles. The summed E-state index contributed by atoms with van der Waals surface area (Å²) in [5.74, 6) is -0.839. The Balaban J connectivity index is 1.96. The number of aliphatic carboxylic acids is 1. The fraction of sp³-hybridized carbons (Fsp3) is 0.438. The van der Waals surface area contributed by atoms with Crippen LogP contribution in [0.25, 0.3) is 10.9 Å². The molecule has 1 unspecified atom stereocenters. The van der Waals surface area contributed by atoms with Crippen LogP contribution in [0.1, 0.15) is 29.7 Å². The summed E-state index contributed by atoms with van der Waals surface area (Å²) in [4.78, 5) is 11.2. The molecule has 2 heterocycles. The Hall–Kier alpha value is -1.77. The number of aromatic nitrogens is 1. The molecule has 0 spiro atoms. The zero-order chi connectivity index (χ0) is 13.0. The minimum atomic E-state index is -0.641. The first kappa shape index (κ1) is 11.1. The molecule has 98 valence electrons.